The minimum Gasteiger partial charge on any atom is -0.494 e. The lowest BCUT2D eigenvalue weighted by atomic mass is 10.2. The van der Waals surface area contributed by atoms with Crippen LogP contribution < -0.4 is 9.64 Å². The lowest BCUT2D eigenvalue weighted by Crippen LogP contribution is -2.48. The topological polar surface area (TPSA) is 58.6 Å². The van der Waals surface area contributed by atoms with Crippen LogP contribution in [0.25, 0.3) is 0 Å². The van der Waals surface area contributed by atoms with E-state index in [9.17, 15) is 4.79 Å². The summed E-state index contributed by atoms with van der Waals surface area (Å²) in [5.41, 5.74) is 0. The fourth-order valence-corrected chi connectivity index (χ4v) is 3.39. The molecule has 24 heavy (non-hydrogen) atoms. The SMILES string of the molecule is Cc1nnc(N2CCN(C(=O)CCCOc3ccccc3)CC2)s1. The van der Waals surface area contributed by atoms with Gasteiger partial charge in [0.2, 0.25) is 11.0 Å². The van der Waals surface area contributed by atoms with Crippen molar-refractivity contribution >= 4 is 22.4 Å². The Bertz CT molecular complexity index is 654. The highest BCUT2D eigenvalue weighted by molar-refractivity contribution is 7.15. The molecule has 2 heterocycles. The molecule has 1 aromatic carbocycles. The van der Waals surface area contributed by atoms with E-state index in [1.165, 1.54) is 0 Å². The summed E-state index contributed by atoms with van der Waals surface area (Å²) in [5, 5.41) is 10.2. The smallest absolute Gasteiger partial charge is 0.222 e. The van der Waals surface area contributed by atoms with Gasteiger partial charge in [0.25, 0.3) is 0 Å². The maximum atomic E-state index is 12.3. The Morgan fingerprint density at radius 3 is 2.58 bits per heavy atom. The highest BCUT2D eigenvalue weighted by atomic mass is 32.1. The van der Waals surface area contributed by atoms with Gasteiger partial charge in [-0.05, 0) is 25.5 Å². The number of amides is 1. The lowest BCUT2D eigenvalue weighted by Gasteiger charge is -2.34. The summed E-state index contributed by atoms with van der Waals surface area (Å²) in [6, 6.07) is 9.70. The zero-order valence-electron chi connectivity index (χ0n) is 13.9. The van der Waals surface area contributed by atoms with Gasteiger partial charge in [-0.2, -0.15) is 0 Å². The molecule has 0 saturated carbocycles. The summed E-state index contributed by atoms with van der Waals surface area (Å²) in [6.45, 7) is 5.66. The van der Waals surface area contributed by atoms with E-state index in [-0.39, 0.29) is 5.91 Å². The van der Waals surface area contributed by atoms with Crippen molar-refractivity contribution in [2.45, 2.75) is 19.8 Å². The molecule has 0 aliphatic carbocycles. The fraction of sp³-hybridized carbons (Fsp3) is 0.471. The Morgan fingerprint density at radius 1 is 1.17 bits per heavy atom. The summed E-state index contributed by atoms with van der Waals surface area (Å²) in [7, 11) is 0. The van der Waals surface area contributed by atoms with Crippen LogP contribution in [0.3, 0.4) is 0 Å². The Kier molecular flexibility index (Phi) is 5.63. The van der Waals surface area contributed by atoms with Gasteiger partial charge in [-0.25, -0.2) is 0 Å². The third kappa shape index (κ3) is 4.44. The van der Waals surface area contributed by atoms with E-state index < -0.39 is 0 Å². The van der Waals surface area contributed by atoms with E-state index in [1.807, 2.05) is 42.2 Å². The highest BCUT2D eigenvalue weighted by Gasteiger charge is 2.22. The Hall–Kier alpha value is -2.15. The van der Waals surface area contributed by atoms with Crippen LogP contribution in [-0.4, -0.2) is 53.8 Å². The molecule has 0 unspecified atom stereocenters. The molecule has 1 saturated heterocycles. The predicted octanol–water partition coefficient (Wildman–Crippen LogP) is 2.35. The first-order valence-corrected chi connectivity index (χ1v) is 9.05. The number of carbonyl (C=O) groups is 1. The number of para-hydroxylation sites is 1. The quantitative estimate of drug-likeness (QED) is 0.752. The number of aromatic nitrogens is 2. The van der Waals surface area contributed by atoms with Crippen molar-refractivity contribution in [1.29, 1.82) is 0 Å². The van der Waals surface area contributed by atoms with E-state index in [0.717, 1.165) is 48.5 Å². The molecule has 0 bridgehead atoms. The Morgan fingerprint density at radius 2 is 1.92 bits per heavy atom. The van der Waals surface area contributed by atoms with Crippen molar-refractivity contribution in [1.82, 2.24) is 15.1 Å². The number of anilines is 1. The van der Waals surface area contributed by atoms with Gasteiger partial charge in [-0.15, -0.1) is 10.2 Å². The molecular formula is C17H22N4O2S. The number of nitrogens with zero attached hydrogens (tertiary/aromatic N) is 4. The molecule has 128 valence electrons. The van der Waals surface area contributed by atoms with Gasteiger partial charge in [-0.3, -0.25) is 4.79 Å². The molecule has 0 atom stereocenters. The average molecular weight is 346 g/mol. The van der Waals surface area contributed by atoms with Crippen LogP contribution in [0.2, 0.25) is 0 Å². The van der Waals surface area contributed by atoms with Crippen molar-refractivity contribution in [2.24, 2.45) is 0 Å². The number of hydrogen-bond acceptors (Lipinski definition) is 6. The number of piperazine rings is 1. The van der Waals surface area contributed by atoms with Crippen LogP contribution in [0, 0.1) is 6.92 Å². The van der Waals surface area contributed by atoms with E-state index in [4.69, 9.17) is 4.74 Å². The number of carbonyl (C=O) groups excluding carboxylic acids is 1. The highest BCUT2D eigenvalue weighted by Crippen LogP contribution is 2.21. The first-order chi connectivity index (χ1) is 11.7. The summed E-state index contributed by atoms with van der Waals surface area (Å²) < 4.78 is 5.63. The van der Waals surface area contributed by atoms with Gasteiger partial charge < -0.3 is 14.5 Å². The van der Waals surface area contributed by atoms with E-state index in [2.05, 4.69) is 15.1 Å². The van der Waals surface area contributed by atoms with Gasteiger partial charge in [0.05, 0.1) is 6.61 Å². The second kappa shape index (κ2) is 8.10. The number of hydrogen-bond donors (Lipinski definition) is 0. The molecule has 0 radical (unpaired) electrons. The molecule has 0 N–H and O–H groups in total. The van der Waals surface area contributed by atoms with E-state index in [0.29, 0.717) is 13.0 Å². The number of benzene rings is 1. The van der Waals surface area contributed by atoms with Crippen molar-refractivity contribution in [3.63, 3.8) is 0 Å². The largest absolute Gasteiger partial charge is 0.494 e. The predicted molar refractivity (Wildman–Crippen MR) is 94.6 cm³/mol. The van der Waals surface area contributed by atoms with Crippen molar-refractivity contribution in [3.8, 4) is 5.75 Å². The molecular weight excluding hydrogens is 324 g/mol. The molecule has 3 rings (SSSR count). The third-order valence-corrected chi connectivity index (χ3v) is 4.86. The molecule has 2 aromatic rings. The number of ether oxygens (including phenoxy) is 1. The van der Waals surface area contributed by atoms with Gasteiger partial charge in [0.1, 0.15) is 10.8 Å². The zero-order valence-corrected chi connectivity index (χ0v) is 14.7. The van der Waals surface area contributed by atoms with Crippen LogP contribution in [0.4, 0.5) is 5.13 Å². The summed E-state index contributed by atoms with van der Waals surface area (Å²) >= 11 is 1.60. The van der Waals surface area contributed by atoms with Crippen LogP contribution in [0.5, 0.6) is 5.75 Å². The van der Waals surface area contributed by atoms with Crippen LogP contribution in [-0.2, 0) is 4.79 Å². The molecule has 1 aliphatic rings. The summed E-state index contributed by atoms with van der Waals surface area (Å²) in [5.74, 6) is 1.06. The molecule has 7 heteroatoms. The van der Waals surface area contributed by atoms with Crippen LogP contribution >= 0.6 is 11.3 Å². The zero-order chi connectivity index (χ0) is 16.8. The van der Waals surface area contributed by atoms with Crippen molar-refractivity contribution < 1.29 is 9.53 Å². The monoisotopic (exact) mass is 346 g/mol. The van der Waals surface area contributed by atoms with Gasteiger partial charge in [0, 0.05) is 32.6 Å². The molecule has 6 nitrogen and oxygen atoms in total. The van der Waals surface area contributed by atoms with Crippen molar-refractivity contribution in [2.75, 3.05) is 37.7 Å². The molecule has 1 fully saturated rings. The standard InChI is InChI=1S/C17H22N4O2S/c1-14-18-19-17(24-14)21-11-9-20(10-12-21)16(22)8-5-13-23-15-6-3-2-4-7-15/h2-4,6-7H,5,8-13H2,1H3. The van der Waals surface area contributed by atoms with Crippen molar-refractivity contribution in [3.05, 3.63) is 35.3 Å². The maximum Gasteiger partial charge on any atom is 0.222 e. The Balaban J connectivity index is 1.36. The Labute approximate surface area is 146 Å². The summed E-state index contributed by atoms with van der Waals surface area (Å²) in [6.07, 6.45) is 1.27. The van der Waals surface area contributed by atoms with Crippen LogP contribution in [0.1, 0.15) is 17.8 Å². The minimum atomic E-state index is 0.208. The molecule has 1 aromatic heterocycles. The second-order valence-corrected chi connectivity index (χ2v) is 6.90. The average Bonchev–Trinajstić information content (AvgIpc) is 3.06. The fourth-order valence-electron chi connectivity index (χ4n) is 2.65. The molecule has 1 amide bonds. The minimum absolute atomic E-state index is 0.208. The van der Waals surface area contributed by atoms with Gasteiger partial charge in [0.15, 0.2) is 0 Å². The first-order valence-electron chi connectivity index (χ1n) is 8.23. The number of aryl methyl sites for hydroxylation is 1. The van der Waals surface area contributed by atoms with E-state index in [1.54, 1.807) is 11.3 Å². The maximum absolute atomic E-state index is 12.3. The summed E-state index contributed by atoms with van der Waals surface area (Å²) in [4.78, 5) is 16.4. The lowest BCUT2D eigenvalue weighted by molar-refractivity contribution is -0.131. The van der Waals surface area contributed by atoms with Gasteiger partial charge >= 0.3 is 0 Å². The van der Waals surface area contributed by atoms with Gasteiger partial charge in [-0.1, -0.05) is 29.5 Å². The first kappa shape index (κ1) is 16.7. The number of rotatable bonds is 6. The second-order valence-electron chi connectivity index (χ2n) is 5.74. The molecule has 1 aliphatic heterocycles. The molecule has 0 spiro atoms. The van der Waals surface area contributed by atoms with Crippen LogP contribution in [0.15, 0.2) is 30.3 Å². The third-order valence-electron chi connectivity index (χ3n) is 3.97. The normalized spacial score (nSPS) is 14.7. The van der Waals surface area contributed by atoms with E-state index >= 15 is 0 Å².